The van der Waals surface area contributed by atoms with Crippen molar-refractivity contribution in [3.8, 4) is 0 Å². The normalized spacial score (nSPS) is 19.9. The first-order valence-corrected chi connectivity index (χ1v) is 7.05. The van der Waals surface area contributed by atoms with E-state index >= 15 is 0 Å². The molecule has 1 saturated carbocycles. The number of amides is 1. The van der Waals surface area contributed by atoms with Gasteiger partial charge in [-0.2, -0.15) is 0 Å². The monoisotopic (exact) mass is 253 g/mol. The highest BCUT2D eigenvalue weighted by Gasteiger charge is 2.22. The molecule has 1 rings (SSSR count). The number of hydrogen-bond acceptors (Lipinski definition) is 2. The lowest BCUT2D eigenvalue weighted by molar-refractivity contribution is -0.108. The Morgan fingerprint density at radius 3 is 2.50 bits per heavy atom. The molecule has 1 atom stereocenters. The average molecular weight is 253 g/mol. The molecule has 3 heteroatoms. The molecule has 1 aliphatic carbocycles. The minimum atomic E-state index is -0.148. The summed E-state index contributed by atoms with van der Waals surface area (Å²) in [5.41, 5.74) is -0.148. The fourth-order valence-corrected chi connectivity index (χ4v) is 2.57. The van der Waals surface area contributed by atoms with Gasteiger partial charge < -0.3 is 10.1 Å². The highest BCUT2D eigenvalue weighted by Crippen LogP contribution is 2.29. The van der Waals surface area contributed by atoms with Gasteiger partial charge in [-0.3, -0.25) is 4.79 Å². The van der Waals surface area contributed by atoms with Gasteiger partial charge in [0.05, 0.1) is 11.7 Å². The van der Waals surface area contributed by atoms with Gasteiger partial charge in [-0.05, 0) is 39.2 Å². The Bertz CT molecular complexity index is 262. The third-order valence-electron chi connectivity index (χ3n) is 3.27. The van der Waals surface area contributed by atoms with Gasteiger partial charge in [-0.25, -0.2) is 0 Å². The lowest BCUT2D eigenvalue weighted by Gasteiger charge is -2.30. The van der Waals surface area contributed by atoms with E-state index in [0.29, 0.717) is 6.41 Å². The molecule has 0 spiro atoms. The molecule has 1 fully saturated rings. The first kappa shape index (κ1) is 15.2. The van der Waals surface area contributed by atoms with Crippen LogP contribution in [0.2, 0.25) is 0 Å². The first-order chi connectivity index (χ1) is 8.51. The summed E-state index contributed by atoms with van der Waals surface area (Å²) in [6.07, 6.45) is 12.2. The largest absolute Gasteiger partial charge is 0.368 e. The van der Waals surface area contributed by atoms with Crippen LogP contribution >= 0.6 is 0 Å². The standard InChI is InChI=1S/C15H27NO2/c1-15(2,3)18-14(9-10-16-12-17)11-13-7-5-4-6-8-13/h9-10,12-14H,4-8,11H2,1-3H3,(H,16,17)/t14-/m1/s1. The van der Waals surface area contributed by atoms with Crippen LogP contribution in [0.25, 0.3) is 0 Å². The first-order valence-electron chi connectivity index (χ1n) is 7.05. The second-order valence-electron chi connectivity index (χ2n) is 6.15. The lowest BCUT2D eigenvalue weighted by atomic mass is 9.85. The van der Waals surface area contributed by atoms with Crippen molar-refractivity contribution >= 4 is 6.41 Å². The quantitative estimate of drug-likeness (QED) is 0.737. The van der Waals surface area contributed by atoms with Gasteiger partial charge in [0.2, 0.25) is 6.41 Å². The van der Waals surface area contributed by atoms with E-state index < -0.39 is 0 Å². The summed E-state index contributed by atoms with van der Waals surface area (Å²) in [6, 6.07) is 0. The molecule has 0 heterocycles. The van der Waals surface area contributed by atoms with Gasteiger partial charge in [-0.15, -0.1) is 0 Å². The maximum atomic E-state index is 10.3. The number of carbonyl (C=O) groups is 1. The van der Waals surface area contributed by atoms with Crippen molar-refractivity contribution in [1.29, 1.82) is 0 Å². The summed E-state index contributed by atoms with van der Waals surface area (Å²) >= 11 is 0. The van der Waals surface area contributed by atoms with Crippen LogP contribution in [0.15, 0.2) is 12.3 Å². The van der Waals surface area contributed by atoms with Crippen molar-refractivity contribution in [1.82, 2.24) is 5.32 Å². The van der Waals surface area contributed by atoms with Crippen LogP contribution in [-0.4, -0.2) is 18.1 Å². The fraction of sp³-hybridized carbons (Fsp3) is 0.800. The summed E-state index contributed by atoms with van der Waals surface area (Å²) in [5.74, 6) is 0.770. The smallest absolute Gasteiger partial charge is 0.211 e. The molecule has 3 nitrogen and oxygen atoms in total. The van der Waals surface area contributed by atoms with Crippen molar-refractivity contribution in [2.24, 2.45) is 5.92 Å². The summed E-state index contributed by atoms with van der Waals surface area (Å²) < 4.78 is 6.04. The Labute approximate surface area is 111 Å². The molecule has 1 amide bonds. The van der Waals surface area contributed by atoms with Gasteiger partial charge in [-0.1, -0.05) is 32.1 Å². The Morgan fingerprint density at radius 2 is 1.94 bits per heavy atom. The van der Waals surface area contributed by atoms with Gasteiger partial charge in [0, 0.05) is 6.20 Å². The molecule has 0 radical (unpaired) electrons. The molecule has 18 heavy (non-hydrogen) atoms. The molecule has 0 saturated heterocycles. The lowest BCUT2D eigenvalue weighted by Crippen LogP contribution is -2.28. The van der Waals surface area contributed by atoms with E-state index in [1.165, 1.54) is 32.1 Å². The van der Waals surface area contributed by atoms with Crippen molar-refractivity contribution in [3.63, 3.8) is 0 Å². The molecule has 0 aromatic carbocycles. The molecule has 0 aromatic heterocycles. The molecule has 0 aromatic rings. The number of hydrogen-bond donors (Lipinski definition) is 1. The van der Waals surface area contributed by atoms with Crippen molar-refractivity contribution < 1.29 is 9.53 Å². The summed E-state index contributed by atoms with van der Waals surface area (Å²) in [7, 11) is 0. The molecule has 1 aliphatic rings. The van der Waals surface area contributed by atoms with Crippen LogP contribution in [0.5, 0.6) is 0 Å². The zero-order chi connectivity index (χ0) is 13.4. The number of rotatable bonds is 6. The highest BCUT2D eigenvalue weighted by molar-refractivity contribution is 5.47. The highest BCUT2D eigenvalue weighted by atomic mass is 16.5. The van der Waals surface area contributed by atoms with Crippen LogP contribution in [0.1, 0.15) is 59.3 Å². The second-order valence-corrected chi connectivity index (χ2v) is 6.15. The Kier molecular flexibility index (Phi) is 6.41. The number of nitrogens with one attached hydrogen (secondary N) is 1. The van der Waals surface area contributed by atoms with Crippen LogP contribution in [-0.2, 0) is 9.53 Å². The molecule has 0 aliphatic heterocycles. The van der Waals surface area contributed by atoms with Crippen LogP contribution < -0.4 is 5.32 Å². The Hall–Kier alpha value is -0.830. The maximum absolute atomic E-state index is 10.3. The van der Waals surface area contributed by atoms with E-state index in [0.717, 1.165) is 12.3 Å². The molecular weight excluding hydrogens is 226 g/mol. The number of ether oxygens (including phenoxy) is 1. The Morgan fingerprint density at radius 1 is 1.28 bits per heavy atom. The molecule has 104 valence electrons. The van der Waals surface area contributed by atoms with Crippen LogP contribution in [0.3, 0.4) is 0 Å². The van der Waals surface area contributed by atoms with E-state index in [-0.39, 0.29) is 11.7 Å². The zero-order valence-corrected chi connectivity index (χ0v) is 11.9. The topological polar surface area (TPSA) is 38.3 Å². The SMILES string of the molecule is CC(C)(C)O[C@H](C=CNC=O)CC1CCCCC1. The summed E-state index contributed by atoms with van der Waals surface area (Å²) in [4.78, 5) is 10.3. The minimum Gasteiger partial charge on any atom is -0.368 e. The van der Waals surface area contributed by atoms with Gasteiger partial charge in [0.25, 0.3) is 0 Å². The Balaban J connectivity index is 2.49. The van der Waals surface area contributed by atoms with Gasteiger partial charge in [0.1, 0.15) is 0 Å². The third-order valence-corrected chi connectivity index (χ3v) is 3.27. The summed E-state index contributed by atoms with van der Waals surface area (Å²) in [5, 5.41) is 2.56. The van der Waals surface area contributed by atoms with Gasteiger partial charge in [0.15, 0.2) is 0 Å². The predicted molar refractivity (Wildman–Crippen MR) is 74.2 cm³/mol. The van der Waals surface area contributed by atoms with E-state index in [2.05, 4.69) is 26.1 Å². The van der Waals surface area contributed by atoms with Crippen molar-refractivity contribution in [2.45, 2.75) is 71.0 Å². The third kappa shape index (κ3) is 6.80. The fourth-order valence-electron chi connectivity index (χ4n) is 2.57. The molecule has 0 bridgehead atoms. The molecular formula is C15H27NO2. The van der Waals surface area contributed by atoms with Crippen LogP contribution in [0.4, 0.5) is 0 Å². The van der Waals surface area contributed by atoms with E-state index in [1.54, 1.807) is 6.20 Å². The minimum absolute atomic E-state index is 0.0977. The average Bonchev–Trinajstić information content (AvgIpc) is 2.28. The second kappa shape index (κ2) is 7.57. The van der Waals surface area contributed by atoms with Crippen molar-refractivity contribution in [3.05, 3.63) is 12.3 Å². The predicted octanol–water partition coefficient (Wildman–Crippen LogP) is 3.40. The van der Waals surface area contributed by atoms with Crippen molar-refractivity contribution in [2.75, 3.05) is 0 Å². The van der Waals surface area contributed by atoms with E-state index in [1.807, 2.05) is 6.08 Å². The van der Waals surface area contributed by atoms with Gasteiger partial charge >= 0.3 is 0 Å². The maximum Gasteiger partial charge on any atom is 0.211 e. The number of carbonyl (C=O) groups excluding carboxylic acids is 1. The van der Waals surface area contributed by atoms with E-state index in [4.69, 9.17) is 4.74 Å². The summed E-state index contributed by atoms with van der Waals surface area (Å²) in [6.45, 7) is 6.21. The molecule has 0 unspecified atom stereocenters. The molecule has 1 N–H and O–H groups in total. The van der Waals surface area contributed by atoms with E-state index in [9.17, 15) is 4.79 Å². The van der Waals surface area contributed by atoms with Crippen LogP contribution in [0, 0.1) is 5.92 Å². The zero-order valence-electron chi connectivity index (χ0n) is 11.9.